The minimum absolute atomic E-state index is 0.219. The van der Waals surface area contributed by atoms with E-state index in [1.54, 1.807) is 18.3 Å². The highest BCUT2D eigenvalue weighted by Gasteiger charge is 2.24. The minimum atomic E-state index is -3.79. The first-order valence-electron chi connectivity index (χ1n) is 10.8. The Morgan fingerprint density at radius 3 is 2.34 bits per heavy atom. The molecule has 2 aromatic carbocycles. The molecule has 186 valence electrons. The fraction of sp³-hybridized carbons (Fsp3) is 0.280. The summed E-state index contributed by atoms with van der Waals surface area (Å²) in [5, 5.41) is 4.05. The van der Waals surface area contributed by atoms with Crippen molar-refractivity contribution in [2.45, 2.75) is 20.8 Å². The molecule has 0 spiro atoms. The number of carbonyl (C=O) groups excluding carboxylic acids is 1. The minimum Gasteiger partial charge on any atom is -0.497 e. The average Bonchev–Trinajstić information content (AvgIpc) is 3.10. The zero-order chi connectivity index (χ0) is 25.8. The Morgan fingerprint density at radius 2 is 1.74 bits per heavy atom. The van der Waals surface area contributed by atoms with Gasteiger partial charge in [0.25, 0.3) is 5.91 Å². The summed E-state index contributed by atoms with van der Waals surface area (Å²) in [4.78, 5) is 12.6. The molecule has 9 nitrogen and oxygen atoms in total. The summed E-state index contributed by atoms with van der Waals surface area (Å²) in [5.74, 6) is 0.155. The normalized spacial score (nSPS) is 11.5. The van der Waals surface area contributed by atoms with Crippen molar-refractivity contribution in [2.24, 2.45) is 5.10 Å². The fourth-order valence-corrected chi connectivity index (χ4v) is 4.58. The van der Waals surface area contributed by atoms with E-state index in [0.717, 1.165) is 33.2 Å². The smallest absolute Gasteiger partial charge is 0.260 e. The molecule has 0 aliphatic rings. The van der Waals surface area contributed by atoms with E-state index in [9.17, 15) is 13.2 Å². The lowest BCUT2D eigenvalue weighted by atomic mass is 10.2. The lowest BCUT2D eigenvalue weighted by molar-refractivity contribution is -0.119. The molecule has 10 heteroatoms. The Bertz CT molecular complexity index is 1340. The molecule has 1 N–H and O–H groups in total. The van der Waals surface area contributed by atoms with Crippen LogP contribution < -0.4 is 19.2 Å². The van der Waals surface area contributed by atoms with Gasteiger partial charge in [-0.25, -0.2) is 13.8 Å². The van der Waals surface area contributed by atoms with Gasteiger partial charge in [-0.1, -0.05) is 17.7 Å². The summed E-state index contributed by atoms with van der Waals surface area (Å²) in [6.07, 6.45) is 2.57. The highest BCUT2D eigenvalue weighted by Crippen LogP contribution is 2.33. The zero-order valence-electron chi connectivity index (χ0n) is 20.7. The first kappa shape index (κ1) is 25.8. The molecule has 35 heavy (non-hydrogen) atoms. The molecule has 0 unspecified atom stereocenters. The molecule has 0 aliphatic carbocycles. The summed E-state index contributed by atoms with van der Waals surface area (Å²) < 4.78 is 38.4. The number of anilines is 1. The Hall–Kier alpha value is -3.79. The molecule has 3 rings (SSSR count). The monoisotopic (exact) mass is 498 g/mol. The first-order valence-corrected chi connectivity index (χ1v) is 12.7. The van der Waals surface area contributed by atoms with Gasteiger partial charge >= 0.3 is 0 Å². The van der Waals surface area contributed by atoms with Crippen LogP contribution in [0.25, 0.3) is 5.69 Å². The van der Waals surface area contributed by atoms with Gasteiger partial charge in [-0.15, -0.1) is 0 Å². The Kier molecular flexibility index (Phi) is 7.85. The van der Waals surface area contributed by atoms with Crippen molar-refractivity contribution in [2.75, 3.05) is 31.3 Å². The van der Waals surface area contributed by atoms with E-state index in [4.69, 9.17) is 9.47 Å². The van der Waals surface area contributed by atoms with Gasteiger partial charge < -0.3 is 14.0 Å². The van der Waals surface area contributed by atoms with Crippen LogP contribution in [-0.4, -0.2) is 52.1 Å². The molecule has 0 saturated carbocycles. The summed E-state index contributed by atoms with van der Waals surface area (Å²) in [7, 11) is -0.883. The number of hydrogen-bond acceptors (Lipinski definition) is 6. The number of ether oxygens (including phenoxy) is 2. The molecule has 0 saturated heterocycles. The van der Waals surface area contributed by atoms with Crippen molar-refractivity contribution in [3.05, 3.63) is 71.0 Å². The number of aromatic nitrogens is 1. The van der Waals surface area contributed by atoms with E-state index < -0.39 is 22.5 Å². The maximum atomic E-state index is 12.6. The van der Waals surface area contributed by atoms with Crippen molar-refractivity contribution in [1.29, 1.82) is 0 Å². The molecule has 0 aliphatic heterocycles. The zero-order valence-corrected chi connectivity index (χ0v) is 21.5. The van der Waals surface area contributed by atoms with Crippen molar-refractivity contribution in [3.63, 3.8) is 0 Å². The van der Waals surface area contributed by atoms with E-state index in [-0.39, 0.29) is 11.4 Å². The predicted molar refractivity (Wildman–Crippen MR) is 137 cm³/mol. The van der Waals surface area contributed by atoms with Crippen LogP contribution in [-0.2, 0) is 14.8 Å². The number of nitrogens with zero attached hydrogens (tertiary/aromatic N) is 3. The standard InChI is InChI=1S/C25H30N4O5S/c1-17-7-9-21(10-8-17)29-18(2)13-20(19(29)3)15-26-27-25(30)16-28(35(6,31)32)23-12-11-22(33-4)14-24(23)34-5/h7-15H,16H2,1-6H3,(H,27,30)/b26-15-. The SMILES string of the molecule is COc1ccc(N(CC(=O)N/N=C\c2cc(C)n(-c3ccc(C)cc3)c2C)S(C)(=O)=O)c(OC)c1. The van der Waals surface area contributed by atoms with Crippen molar-refractivity contribution < 1.29 is 22.7 Å². The van der Waals surface area contributed by atoms with Gasteiger partial charge in [-0.2, -0.15) is 5.10 Å². The third-order valence-electron chi connectivity index (χ3n) is 5.50. The quantitative estimate of drug-likeness (QED) is 0.360. The summed E-state index contributed by atoms with van der Waals surface area (Å²) in [5.41, 5.74) is 7.66. The molecule has 1 heterocycles. The Labute approximate surface area is 206 Å². The van der Waals surface area contributed by atoms with E-state index in [0.29, 0.717) is 5.75 Å². The molecule has 3 aromatic rings. The number of sulfonamides is 1. The van der Waals surface area contributed by atoms with Crippen LogP contribution in [0.3, 0.4) is 0 Å². The van der Waals surface area contributed by atoms with Gasteiger partial charge in [0, 0.05) is 28.7 Å². The highest BCUT2D eigenvalue weighted by molar-refractivity contribution is 7.92. The molecule has 0 fully saturated rings. The molecule has 1 amide bonds. The molecule has 0 radical (unpaired) electrons. The van der Waals surface area contributed by atoms with E-state index in [2.05, 4.69) is 15.1 Å². The number of rotatable bonds is 9. The second-order valence-corrected chi connectivity index (χ2v) is 10.0. The maximum absolute atomic E-state index is 12.6. The Morgan fingerprint density at radius 1 is 1.06 bits per heavy atom. The maximum Gasteiger partial charge on any atom is 0.260 e. The largest absolute Gasteiger partial charge is 0.497 e. The third kappa shape index (κ3) is 6.02. The van der Waals surface area contributed by atoms with Crippen LogP contribution >= 0.6 is 0 Å². The fourth-order valence-electron chi connectivity index (χ4n) is 3.72. The number of hydrogen-bond donors (Lipinski definition) is 1. The first-order chi connectivity index (χ1) is 16.5. The van der Waals surface area contributed by atoms with Gasteiger partial charge in [0.15, 0.2) is 0 Å². The van der Waals surface area contributed by atoms with Gasteiger partial charge in [-0.05, 0) is 51.1 Å². The lowest BCUT2D eigenvalue weighted by Gasteiger charge is -2.23. The van der Waals surface area contributed by atoms with E-state index >= 15 is 0 Å². The van der Waals surface area contributed by atoms with Crippen LogP contribution in [0.5, 0.6) is 11.5 Å². The van der Waals surface area contributed by atoms with Crippen LogP contribution in [0.1, 0.15) is 22.5 Å². The van der Waals surface area contributed by atoms with E-state index in [1.807, 2.05) is 51.1 Å². The van der Waals surface area contributed by atoms with Crippen LogP contribution in [0.15, 0.2) is 53.6 Å². The molecular formula is C25H30N4O5S. The number of carbonyl (C=O) groups is 1. The molecule has 1 aromatic heterocycles. The Balaban J connectivity index is 1.77. The second-order valence-electron chi connectivity index (χ2n) is 8.10. The number of amides is 1. The third-order valence-corrected chi connectivity index (χ3v) is 6.62. The summed E-state index contributed by atoms with van der Waals surface area (Å²) in [6, 6.07) is 14.8. The number of nitrogens with one attached hydrogen (secondary N) is 1. The number of aryl methyl sites for hydroxylation is 2. The van der Waals surface area contributed by atoms with Crippen molar-refractivity contribution in [1.82, 2.24) is 9.99 Å². The number of benzene rings is 2. The van der Waals surface area contributed by atoms with E-state index in [1.165, 1.54) is 25.8 Å². The number of hydrazone groups is 1. The summed E-state index contributed by atoms with van der Waals surface area (Å²) in [6.45, 7) is 5.53. The van der Waals surface area contributed by atoms with Crippen molar-refractivity contribution in [3.8, 4) is 17.2 Å². The molecule has 0 atom stereocenters. The predicted octanol–water partition coefficient (Wildman–Crippen LogP) is 3.34. The van der Waals surface area contributed by atoms with Crippen LogP contribution in [0.4, 0.5) is 5.69 Å². The topological polar surface area (TPSA) is 102 Å². The van der Waals surface area contributed by atoms with Gasteiger partial charge in [0.1, 0.15) is 18.0 Å². The number of methoxy groups -OCH3 is 2. The van der Waals surface area contributed by atoms with Crippen LogP contribution in [0, 0.1) is 20.8 Å². The molecule has 0 bridgehead atoms. The average molecular weight is 499 g/mol. The lowest BCUT2D eigenvalue weighted by Crippen LogP contribution is -2.39. The van der Waals surface area contributed by atoms with Crippen molar-refractivity contribution >= 4 is 27.8 Å². The summed E-state index contributed by atoms with van der Waals surface area (Å²) >= 11 is 0. The van der Waals surface area contributed by atoms with Gasteiger partial charge in [-0.3, -0.25) is 9.10 Å². The molecular weight excluding hydrogens is 468 g/mol. The van der Waals surface area contributed by atoms with Crippen LogP contribution in [0.2, 0.25) is 0 Å². The van der Waals surface area contributed by atoms with Gasteiger partial charge in [0.2, 0.25) is 10.0 Å². The highest BCUT2D eigenvalue weighted by atomic mass is 32.2. The van der Waals surface area contributed by atoms with Gasteiger partial charge in [0.05, 0.1) is 32.4 Å². The second kappa shape index (κ2) is 10.6.